The molecule has 1 atom stereocenters. The van der Waals surface area contributed by atoms with E-state index in [0.717, 1.165) is 45.9 Å². The summed E-state index contributed by atoms with van der Waals surface area (Å²) >= 11 is 1.69. The van der Waals surface area contributed by atoms with E-state index in [4.69, 9.17) is 9.72 Å². The number of likely N-dealkylation sites (N-methyl/N-ethyl adjacent to an activating group) is 1. The molecule has 1 aromatic carbocycles. The minimum Gasteiger partial charge on any atom is -0.497 e. The molecule has 0 bridgehead atoms. The van der Waals surface area contributed by atoms with Crippen molar-refractivity contribution in [3.8, 4) is 16.3 Å². The standard InChI is InChI=1S/C21H23N3O2S/c1-14-21(25)23(2)8-9-24(14)13-16-11-15-6-7-17(26-3)12-18(15)22-20(16)19-5-4-10-27-19/h4-7,10-12,14H,8-9,13H2,1-3H3/t14-/m0/s1. The maximum Gasteiger partial charge on any atom is 0.239 e. The second-order valence-electron chi connectivity index (χ2n) is 6.94. The first-order valence-electron chi connectivity index (χ1n) is 9.07. The first-order valence-corrected chi connectivity index (χ1v) is 9.95. The van der Waals surface area contributed by atoms with Gasteiger partial charge in [-0.25, -0.2) is 4.98 Å². The molecule has 0 unspecified atom stereocenters. The zero-order valence-electron chi connectivity index (χ0n) is 15.8. The smallest absolute Gasteiger partial charge is 0.239 e. The summed E-state index contributed by atoms with van der Waals surface area (Å²) in [6.45, 7) is 4.33. The van der Waals surface area contributed by atoms with Crippen molar-refractivity contribution in [3.05, 3.63) is 47.3 Å². The van der Waals surface area contributed by atoms with E-state index in [1.54, 1.807) is 18.4 Å². The number of nitrogens with zero attached hydrogens (tertiary/aromatic N) is 3. The molecule has 0 radical (unpaired) electrons. The van der Waals surface area contributed by atoms with Crippen molar-refractivity contribution in [2.75, 3.05) is 27.2 Å². The van der Waals surface area contributed by atoms with Gasteiger partial charge in [-0.1, -0.05) is 6.07 Å². The lowest BCUT2D eigenvalue weighted by atomic mass is 10.1. The van der Waals surface area contributed by atoms with Gasteiger partial charge in [0.25, 0.3) is 0 Å². The van der Waals surface area contributed by atoms with E-state index in [-0.39, 0.29) is 11.9 Å². The highest BCUT2D eigenvalue weighted by atomic mass is 32.1. The van der Waals surface area contributed by atoms with Crippen molar-refractivity contribution in [1.82, 2.24) is 14.8 Å². The molecular formula is C21H23N3O2S. The molecule has 5 nitrogen and oxygen atoms in total. The predicted octanol–water partition coefficient (Wildman–Crippen LogP) is 3.63. The van der Waals surface area contributed by atoms with Gasteiger partial charge in [-0.05, 0) is 42.1 Å². The number of amides is 1. The lowest BCUT2D eigenvalue weighted by Gasteiger charge is -2.37. The molecule has 6 heteroatoms. The molecule has 140 valence electrons. The minimum absolute atomic E-state index is 0.119. The molecule has 4 rings (SSSR count). The molecule has 1 saturated heterocycles. The number of rotatable bonds is 4. The van der Waals surface area contributed by atoms with Crippen LogP contribution in [0.15, 0.2) is 41.8 Å². The Morgan fingerprint density at radius 1 is 1.26 bits per heavy atom. The molecule has 1 amide bonds. The van der Waals surface area contributed by atoms with E-state index in [1.165, 1.54) is 0 Å². The highest BCUT2D eigenvalue weighted by Gasteiger charge is 2.30. The van der Waals surface area contributed by atoms with Crippen molar-refractivity contribution in [2.24, 2.45) is 0 Å². The van der Waals surface area contributed by atoms with Crippen LogP contribution in [-0.2, 0) is 11.3 Å². The summed E-state index contributed by atoms with van der Waals surface area (Å²) in [5.74, 6) is 0.982. The average Bonchev–Trinajstić information content (AvgIpc) is 3.22. The van der Waals surface area contributed by atoms with Gasteiger partial charge < -0.3 is 9.64 Å². The molecule has 0 N–H and O–H groups in total. The Morgan fingerprint density at radius 2 is 2.11 bits per heavy atom. The number of aromatic nitrogens is 1. The third kappa shape index (κ3) is 3.42. The second kappa shape index (κ2) is 7.29. The number of fused-ring (bicyclic) bond motifs is 1. The van der Waals surface area contributed by atoms with Crippen molar-refractivity contribution in [1.29, 1.82) is 0 Å². The number of thiophene rings is 1. The van der Waals surface area contributed by atoms with Crippen LogP contribution < -0.4 is 4.74 Å². The van der Waals surface area contributed by atoms with Gasteiger partial charge in [0.15, 0.2) is 0 Å². The third-order valence-corrected chi connectivity index (χ3v) is 6.11. The molecule has 1 fully saturated rings. The fraction of sp³-hybridized carbons (Fsp3) is 0.333. The Balaban J connectivity index is 1.76. The molecule has 3 heterocycles. The van der Waals surface area contributed by atoms with Crippen LogP contribution in [0.4, 0.5) is 0 Å². The van der Waals surface area contributed by atoms with Crippen LogP contribution >= 0.6 is 11.3 Å². The van der Waals surface area contributed by atoms with E-state index in [9.17, 15) is 4.79 Å². The number of benzene rings is 1. The van der Waals surface area contributed by atoms with E-state index >= 15 is 0 Å². The van der Waals surface area contributed by atoms with Gasteiger partial charge in [-0.15, -0.1) is 11.3 Å². The van der Waals surface area contributed by atoms with Crippen LogP contribution in [0.25, 0.3) is 21.5 Å². The monoisotopic (exact) mass is 381 g/mol. The summed E-state index contributed by atoms with van der Waals surface area (Å²) in [7, 11) is 3.54. The van der Waals surface area contributed by atoms with Gasteiger partial charge >= 0.3 is 0 Å². The Kier molecular flexibility index (Phi) is 4.85. The van der Waals surface area contributed by atoms with Gasteiger partial charge in [-0.3, -0.25) is 9.69 Å². The molecule has 1 aliphatic heterocycles. The lowest BCUT2D eigenvalue weighted by Crippen LogP contribution is -2.53. The molecule has 0 spiro atoms. The maximum atomic E-state index is 12.4. The number of carbonyl (C=O) groups excluding carboxylic acids is 1. The Labute approximate surface area is 163 Å². The van der Waals surface area contributed by atoms with Crippen molar-refractivity contribution in [3.63, 3.8) is 0 Å². The van der Waals surface area contributed by atoms with E-state index in [0.29, 0.717) is 6.54 Å². The van der Waals surface area contributed by atoms with Crippen LogP contribution in [0, 0.1) is 0 Å². The summed E-state index contributed by atoms with van der Waals surface area (Å²) in [5, 5.41) is 3.15. The number of methoxy groups -OCH3 is 1. The minimum atomic E-state index is -0.119. The second-order valence-corrected chi connectivity index (χ2v) is 7.89. The number of carbonyl (C=O) groups is 1. The summed E-state index contributed by atoms with van der Waals surface area (Å²) < 4.78 is 5.35. The molecule has 2 aromatic heterocycles. The zero-order valence-corrected chi connectivity index (χ0v) is 16.6. The average molecular weight is 382 g/mol. The van der Waals surface area contributed by atoms with Gasteiger partial charge in [-0.2, -0.15) is 0 Å². The summed E-state index contributed by atoms with van der Waals surface area (Å²) in [6.07, 6.45) is 0. The van der Waals surface area contributed by atoms with E-state index < -0.39 is 0 Å². The van der Waals surface area contributed by atoms with Crippen LogP contribution in [0.3, 0.4) is 0 Å². The van der Waals surface area contributed by atoms with Gasteiger partial charge in [0, 0.05) is 38.1 Å². The normalized spacial score (nSPS) is 18.3. The summed E-state index contributed by atoms with van der Waals surface area (Å²) in [5.41, 5.74) is 3.06. The Bertz CT molecular complexity index is 971. The zero-order chi connectivity index (χ0) is 19.0. The number of ether oxygens (including phenoxy) is 1. The molecule has 1 aliphatic rings. The van der Waals surface area contributed by atoms with E-state index in [1.807, 2.05) is 43.1 Å². The number of piperazine rings is 1. The summed E-state index contributed by atoms with van der Waals surface area (Å²) in [6, 6.07) is 12.2. The largest absolute Gasteiger partial charge is 0.497 e. The molecule has 3 aromatic rings. The fourth-order valence-corrected chi connectivity index (χ4v) is 4.31. The number of hydrogen-bond donors (Lipinski definition) is 0. The topological polar surface area (TPSA) is 45.7 Å². The maximum absolute atomic E-state index is 12.4. The van der Waals surface area contributed by atoms with Gasteiger partial charge in [0.1, 0.15) is 5.75 Å². The van der Waals surface area contributed by atoms with Crippen molar-refractivity contribution in [2.45, 2.75) is 19.5 Å². The Hall–Kier alpha value is -2.44. The number of hydrogen-bond acceptors (Lipinski definition) is 5. The van der Waals surface area contributed by atoms with Gasteiger partial charge in [0.2, 0.25) is 5.91 Å². The Morgan fingerprint density at radius 3 is 2.85 bits per heavy atom. The SMILES string of the molecule is COc1ccc2cc(CN3CCN(C)C(=O)[C@@H]3C)c(-c3cccs3)nc2c1. The van der Waals surface area contributed by atoms with Crippen LogP contribution in [0.1, 0.15) is 12.5 Å². The van der Waals surface area contributed by atoms with Crippen LogP contribution in [-0.4, -0.2) is 54.0 Å². The first-order chi connectivity index (χ1) is 13.1. The molecule has 0 aliphatic carbocycles. The quantitative estimate of drug-likeness (QED) is 0.692. The predicted molar refractivity (Wildman–Crippen MR) is 109 cm³/mol. The van der Waals surface area contributed by atoms with Crippen LogP contribution in [0.2, 0.25) is 0 Å². The highest BCUT2D eigenvalue weighted by Crippen LogP contribution is 2.32. The van der Waals surface area contributed by atoms with Crippen LogP contribution in [0.5, 0.6) is 5.75 Å². The van der Waals surface area contributed by atoms with Gasteiger partial charge in [0.05, 0.1) is 29.2 Å². The lowest BCUT2D eigenvalue weighted by molar-refractivity contribution is -0.139. The summed E-state index contributed by atoms with van der Waals surface area (Å²) in [4.78, 5) is 22.5. The molecule has 27 heavy (non-hydrogen) atoms. The third-order valence-electron chi connectivity index (χ3n) is 5.24. The highest BCUT2D eigenvalue weighted by molar-refractivity contribution is 7.13. The van der Waals surface area contributed by atoms with Crippen molar-refractivity contribution >= 4 is 28.1 Å². The van der Waals surface area contributed by atoms with E-state index in [2.05, 4.69) is 22.4 Å². The number of pyridine rings is 1. The molecule has 0 saturated carbocycles. The first kappa shape index (κ1) is 17.9. The fourth-order valence-electron chi connectivity index (χ4n) is 3.56. The van der Waals surface area contributed by atoms with Crippen molar-refractivity contribution < 1.29 is 9.53 Å². The molecular weight excluding hydrogens is 358 g/mol.